The molecule has 0 radical (unpaired) electrons. The number of aliphatic hydroxyl groups excluding tert-OH is 1. The smallest absolute Gasteiger partial charge is 0.244 e. The summed E-state index contributed by atoms with van der Waals surface area (Å²) in [4.78, 5) is 0.0750. The highest BCUT2D eigenvalue weighted by Crippen LogP contribution is 2.19. The zero-order chi connectivity index (χ0) is 14.3. The lowest BCUT2D eigenvalue weighted by Gasteiger charge is -2.05. The van der Waals surface area contributed by atoms with Gasteiger partial charge in [0.25, 0.3) is 0 Å². The normalized spacial score (nSPS) is 11.9. The molecule has 0 amide bonds. The minimum atomic E-state index is -3.58. The van der Waals surface area contributed by atoms with Gasteiger partial charge in [-0.1, -0.05) is 6.92 Å². The fourth-order valence-corrected chi connectivity index (χ4v) is 2.85. The van der Waals surface area contributed by atoms with E-state index in [0.29, 0.717) is 26.2 Å². The predicted molar refractivity (Wildman–Crippen MR) is 70.3 cm³/mol. The Balaban J connectivity index is 2.49. The van der Waals surface area contributed by atoms with Crippen LogP contribution >= 0.6 is 0 Å². The molecule has 19 heavy (non-hydrogen) atoms. The third kappa shape index (κ3) is 4.94. The molecule has 1 rings (SSSR count). The van der Waals surface area contributed by atoms with Crippen molar-refractivity contribution in [2.24, 2.45) is 0 Å². The van der Waals surface area contributed by atoms with Gasteiger partial charge >= 0.3 is 0 Å². The second-order valence-corrected chi connectivity index (χ2v) is 5.89. The fraction of sp³-hybridized carbons (Fsp3) is 0.667. The summed E-state index contributed by atoms with van der Waals surface area (Å²) in [7, 11) is -3.58. The predicted octanol–water partition coefficient (Wildman–Crippen LogP) is 1.18. The Morgan fingerprint density at radius 1 is 1.42 bits per heavy atom. The van der Waals surface area contributed by atoms with E-state index in [1.165, 1.54) is 6.07 Å². The molecule has 0 aliphatic carbocycles. The Morgan fingerprint density at radius 3 is 2.74 bits per heavy atom. The molecule has 0 atom stereocenters. The number of ether oxygens (including phenoxy) is 1. The summed E-state index contributed by atoms with van der Waals surface area (Å²) in [5.41, 5.74) is 0. The molecule has 0 aliphatic heterocycles. The Labute approximate surface area is 113 Å². The van der Waals surface area contributed by atoms with Crippen LogP contribution in [0.25, 0.3) is 0 Å². The fourth-order valence-electron chi connectivity index (χ4n) is 1.57. The molecule has 0 spiro atoms. The van der Waals surface area contributed by atoms with Gasteiger partial charge in [0.05, 0.1) is 0 Å². The first kappa shape index (κ1) is 16.2. The number of hydrogen-bond donors (Lipinski definition) is 2. The molecule has 0 bridgehead atoms. The molecule has 6 nitrogen and oxygen atoms in total. The van der Waals surface area contributed by atoms with E-state index in [1.807, 2.05) is 6.92 Å². The molecule has 7 heteroatoms. The van der Waals surface area contributed by atoms with Gasteiger partial charge in [0, 0.05) is 25.8 Å². The van der Waals surface area contributed by atoms with Gasteiger partial charge in [0.2, 0.25) is 10.0 Å². The molecule has 0 fully saturated rings. The van der Waals surface area contributed by atoms with Crippen LogP contribution in [-0.2, 0) is 21.4 Å². The first-order chi connectivity index (χ1) is 9.01. The van der Waals surface area contributed by atoms with Crippen molar-refractivity contribution in [2.45, 2.75) is 38.2 Å². The van der Waals surface area contributed by atoms with Crippen LogP contribution < -0.4 is 4.72 Å². The van der Waals surface area contributed by atoms with Crippen LogP contribution in [-0.4, -0.2) is 33.3 Å². The number of nitrogens with one attached hydrogen (secondary N) is 1. The second-order valence-electron chi connectivity index (χ2n) is 4.15. The monoisotopic (exact) mass is 291 g/mol. The summed E-state index contributed by atoms with van der Waals surface area (Å²) in [6, 6.07) is 1.34. The molecule has 1 heterocycles. The van der Waals surface area contributed by atoms with Crippen molar-refractivity contribution >= 4 is 10.0 Å². The van der Waals surface area contributed by atoms with Gasteiger partial charge in [-0.3, -0.25) is 0 Å². The lowest BCUT2D eigenvalue weighted by atomic mass is 10.4. The van der Waals surface area contributed by atoms with Crippen molar-refractivity contribution in [3.63, 3.8) is 0 Å². The maximum absolute atomic E-state index is 12.0. The van der Waals surface area contributed by atoms with Crippen LogP contribution in [0.1, 0.15) is 31.3 Å². The summed E-state index contributed by atoms with van der Waals surface area (Å²) < 4.78 is 36.8. The summed E-state index contributed by atoms with van der Waals surface area (Å²) in [6.45, 7) is 4.78. The van der Waals surface area contributed by atoms with Crippen LogP contribution in [0.3, 0.4) is 0 Å². The van der Waals surface area contributed by atoms with Gasteiger partial charge in [-0.05, 0) is 19.8 Å². The number of sulfonamides is 1. The molecule has 0 unspecified atom stereocenters. The maximum atomic E-state index is 12.0. The summed E-state index contributed by atoms with van der Waals surface area (Å²) in [5, 5.41) is 8.91. The highest BCUT2D eigenvalue weighted by atomic mass is 32.2. The molecule has 0 saturated carbocycles. The lowest BCUT2D eigenvalue weighted by molar-refractivity contribution is 0.133. The topological polar surface area (TPSA) is 88.8 Å². The van der Waals surface area contributed by atoms with Gasteiger partial charge in [-0.25, -0.2) is 13.1 Å². The number of aryl methyl sites for hydroxylation is 1. The number of aliphatic hydroxyl groups is 1. The van der Waals surface area contributed by atoms with Crippen LogP contribution in [0.5, 0.6) is 0 Å². The van der Waals surface area contributed by atoms with E-state index in [1.54, 1.807) is 6.92 Å². The first-order valence-electron chi connectivity index (χ1n) is 6.28. The van der Waals surface area contributed by atoms with E-state index < -0.39 is 10.0 Å². The zero-order valence-corrected chi connectivity index (χ0v) is 12.1. The van der Waals surface area contributed by atoms with E-state index in [9.17, 15) is 8.42 Å². The van der Waals surface area contributed by atoms with Crippen LogP contribution in [0.4, 0.5) is 0 Å². The molecule has 0 aliphatic rings. The molecule has 1 aromatic heterocycles. The molecule has 2 N–H and O–H groups in total. The maximum Gasteiger partial charge on any atom is 0.244 e. The molecular weight excluding hydrogens is 270 g/mol. The number of hydrogen-bond acceptors (Lipinski definition) is 5. The van der Waals surface area contributed by atoms with Gasteiger partial charge in [0.15, 0.2) is 0 Å². The van der Waals surface area contributed by atoms with Gasteiger partial charge < -0.3 is 14.3 Å². The number of furan rings is 1. The molecule has 110 valence electrons. The van der Waals surface area contributed by atoms with E-state index in [2.05, 4.69) is 4.72 Å². The van der Waals surface area contributed by atoms with Crippen molar-refractivity contribution < 1.29 is 22.7 Å². The van der Waals surface area contributed by atoms with Crippen molar-refractivity contribution in [3.05, 3.63) is 17.6 Å². The van der Waals surface area contributed by atoms with Crippen molar-refractivity contribution in [2.75, 3.05) is 19.8 Å². The molecule has 1 aromatic rings. The van der Waals surface area contributed by atoms with Crippen LogP contribution in [0, 0.1) is 6.92 Å². The Kier molecular flexibility index (Phi) is 6.50. The minimum absolute atomic E-state index is 0.0750. The van der Waals surface area contributed by atoms with Gasteiger partial charge in [-0.2, -0.15) is 0 Å². The first-order valence-corrected chi connectivity index (χ1v) is 7.77. The largest absolute Gasteiger partial charge is 0.462 e. The number of rotatable bonds is 9. The average Bonchev–Trinajstić information content (AvgIpc) is 2.76. The van der Waals surface area contributed by atoms with E-state index in [0.717, 1.165) is 6.42 Å². The molecule has 0 aromatic carbocycles. The Hall–Kier alpha value is -0.890. The highest BCUT2D eigenvalue weighted by Gasteiger charge is 2.20. The Morgan fingerprint density at radius 2 is 2.16 bits per heavy atom. The SMILES string of the molecule is CCCOCCCNS(=O)(=O)c1cc(CO)oc1C. The Bertz CT molecular complexity index is 480. The van der Waals surface area contributed by atoms with E-state index in [-0.39, 0.29) is 23.0 Å². The lowest BCUT2D eigenvalue weighted by Crippen LogP contribution is -2.25. The van der Waals surface area contributed by atoms with E-state index >= 15 is 0 Å². The third-order valence-corrected chi connectivity index (χ3v) is 4.04. The molecular formula is C12H21NO5S. The van der Waals surface area contributed by atoms with Crippen molar-refractivity contribution in [1.82, 2.24) is 4.72 Å². The zero-order valence-electron chi connectivity index (χ0n) is 11.3. The third-order valence-electron chi connectivity index (χ3n) is 2.47. The van der Waals surface area contributed by atoms with Crippen molar-refractivity contribution in [3.8, 4) is 0 Å². The van der Waals surface area contributed by atoms with Crippen LogP contribution in [0.15, 0.2) is 15.4 Å². The average molecular weight is 291 g/mol. The van der Waals surface area contributed by atoms with Crippen molar-refractivity contribution in [1.29, 1.82) is 0 Å². The summed E-state index contributed by atoms with van der Waals surface area (Å²) in [6.07, 6.45) is 1.56. The van der Waals surface area contributed by atoms with Gasteiger partial charge in [0.1, 0.15) is 23.0 Å². The van der Waals surface area contributed by atoms with Crippen LogP contribution in [0.2, 0.25) is 0 Å². The minimum Gasteiger partial charge on any atom is -0.462 e. The quantitative estimate of drug-likeness (QED) is 0.667. The highest BCUT2D eigenvalue weighted by molar-refractivity contribution is 7.89. The molecule has 0 saturated heterocycles. The second kappa shape index (κ2) is 7.64. The summed E-state index contributed by atoms with van der Waals surface area (Å²) >= 11 is 0. The van der Waals surface area contributed by atoms with E-state index in [4.69, 9.17) is 14.3 Å². The standard InChI is InChI=1S/C12H21NO5S/c1-3-6-17-7-4-5-13-19(15,16)12-8-11(9-14)18-10(12)2/h8,13-14H,3-7,9H2,1-2H3. The van der Waals surface area contributed by atoms with Gasteiger partial charge in [-0.15, -0.1) is 0 Å². The summed E-state index contributed by atoms with van der Waals surface area (Å²) in [5.74, 6) is 0.517.